The minimum Gasteiger partial charge on any atom is -0.399 e. The van der Waals surface area contributed by atoms with Crippen LogP contribution in [0.2, 0.25) is 5.02 Å². The van der Waals surface area contributed by atoms with Crippen LogP contribution in [0.3, 0.4) is 0 Å². The van der Waals surface area contributed by atoms with Gasteiger partial charge < -0.3 is 5.73 Å². The lowest BCUT2D eigenvalue weighted by Gasteiger charge is -2.04. The van der Waals surface area contributed by atoms with E-state index in [0.717, 1.165) is 15.5 Å². The lowest BCUT2D eigenvalue weighted by Crippen LogP contribution is -1.84. The second-order valence-electron chi connectivity index (χ2n) is 3.42. The molecule has 0 aliphatic heterocycles. The molecule has 84 valence electrons. The van der Waals surface area contributed by atoms with Crippen LogP contribution < -0.4 is 5.73 Å². The molecule has 0 amide bonds. The van der Waals surface area contributed by atoms with E-state index < -0.39 is 0 Å². The molecule has 0 heterocycles. The standard InChI is InChI=1S/C13H9ClN2S/c14-10-1-6-13(9(7-10)8-15)17-12-4-2-11(16)3-5-12/h1-7H,16H2. The Hall–Kier alpha value is -1.63. The van der Waals surface area contributed by atoms with Gasteiger partial charge in [-0.25, -0.2) is 0 Å². The number of anilines is 1. The number of nitrogens with two attached hydrogens (primary N) is 1. The molecule has 2 aromatic carbocycles. The first-order chi connectivity index (χ1) is 8.19. The molecule has 0 atom stereocenters. The average molecular weight is 261 g/mol. The molecule has 0 unspecified atom stereocenters. The Balaban J connectivity index is 2.30. The van der Waals surface area contributed by atoms with Crippen molar-refractivity contribution in [2.45, 2.75) is 9.79 Å². The molecular weight excluding hydrogens is 252 g/mol. The van der Waals surface area contributed by atoms with E-state index in [-0.39, 0.29) is 0 Å². The number of nitriles is 1. The summed E-state index contributed by atoms with van der Waals surface area (Å²) in [5, 5.41) is 9.60. The number of nitrogen functional groups attached to an aromatic ring is 1. The van der Waals surface area contributed by atoms with Crippen LogP contribution in [0.4, 0.5) is 5.69 Å². The van der Waals surface area contributed by atoms with E-state index in [2.05, 4.69) is 6.07 Å². The predicted molar refractivity (Wildman–Crippen MR) is 71.1 cm³/mol. The van der Waals surface area contributed by atoms with Gasteiger partial charge in [0.15, 0.2) is 0 Å². The largest absolute Gasteiger partial charge is 0.399 e. The van der Waals surface area contributed by atoms with Crippen LogP contribution >= 0.6 is 23.4 Å². The Kier molecular flexibility index (Phi) is 3.58. The normalized spacial score (nSPS) is 9.88. The van der Waals surface area contributed by atoms with Gasteiger partial charge in [0.1, 0.15) is 6.07 Å². The van der Waals surface area contributed by atoms with Gasteiger partial charge in [0.2, 0.25) is 0 Å². The molecule has 4 heteroatoms. The van der Waals surface area contributed by atoms with Crippen LogP contribution in [0.25, 0.3) is 0 Å². The zero-order chi connectivity index (χ0) is 12.3. The summed E-state index contributed by atoms with van der Waals surface area (Å²) in [6.45, 7) is 0. The summed E-state index contributed by atoms with van der Waals surface area (Å²) >= 11 is 7.36. The number of benzene rings is 2. The molecule has 0 aromatic heterocycles. The molecule has 0 fully saturated rings. The van der Waals surface area contributed by atoms with Crippen molar-refractivity contribution < 1.29 is 0 Å². The third kappa shape index (κ3) is 2.94. The van der Waals surface area contributed by atoms with Gasteiger partial charge in [0.05, 0.1) is 5.56 Å². The quantitative estimate of drug-likeness (QED) is 0.832. The van der Waals surface area contributed by atoms with Crippen molar-refractivity contribution in [1.82, 2.24) is 0 Å². The summed E-state index contributed by atoms with van der Waals surface area (Å²) in [6.07, 6.45) is 0. The monoisotopic (exact) mass is 260 g/mol. The number of hydrogen-bond acceptors (Lipinski definition) is 3. The zero-order valence-corrected chi connectivity index (χ0v) is 10.4. The highest BCUT2D eigenvalue weighted by Gasteiger charge is 2.04. The lowest BCUT2D eigenvalue weighted by atomic mass is 10.2. The van der Waals surface area contributed by atoms with E-state index in [1.54, 1.807) is 12.1 Å². The zero-order valence-electron chi connectivity index (χ0n) is 8.85. The first-order valence-corrected chi connectivity index (χ1v) is 6.11. The number of hydrogen-bond donors (Lipinski definition) is 1. The Morgan fingerprint density at radius 2 is 1.82 bits per heavy atom. The molecule has 0 saturated heterocycles. The number of halogens is 1. The van der Waals surface area contributed by atoms with Crippen LogP contribution in [-0.2, 0) is 0 Å². The summed E-state index contributed by atoms with van der Waals surface area (Å²) in [5.41, 5.74) is 6.93. The van der Waals surface area contributed by atoms with Crippen LogP contribution in [0.15, 0.2) is 52.3 Å². The molecule has 0 aliphatic carbocycles. The number of nitrogens with zero attached hydrogens (tertiary/aromatic N) is 1. The maximum absolute atomic E-state index is 9.02. The maximum Gasteiger partial charge on any atom is 0.100 e. The Bertz CT molecular complexity index is 573. The molecule has 2 rings (SSSR count). The highest BCUT2D eigenvalue weighted by atomic mass is 35.5. The fraction of sp³-hybridized carbons (Fsp3) is 0. The highest BCUT2D eigenvalue weighted by molar-refractivity contribution is 7.99. The lowest BCUT2D eigenvalue weighted by molar-refractivity contribution is 1.35. The third-order valence-electron chi connectivity index (χ3n) is 2.17. The van der Waals surface area contributed by atoms with E-state index in [1.165, 1.54) is 11.8 Å². The van der Waals surface area contributed by atoms with Crippen molar-refractivity contribution >= 4 is 29.1 Å². The fourth-order valence-electron chi connectivity index (χ4n) is 1.34. The summed E-state index contributed by atoms with van der Waals surface area (Å²) in [4.78, 5) is 1.93. The molecule has 0 bridgehead atoms. The van der Waals surface area contributed by atoms with E-state index in [4.69, 9.17) is 22.6 Å². The molecule has 0 radical (unpaired) electrons. The second kappa shape index (κ2) is 5.13. The molecule has 0 aliphatic rings. The Labute approximate surface area is 109 Å². The molecular formula is C13H9ClN2S. The molecule has 17 heavy (non-hydrogen) atoms. The van der Waals surface area contributed by atoms with Gasteiger partial charge >= 0.3 is 0 Å². The van der Waals surface area contributed by atoms with Gasteiger partial charge in [0.25, 0.3) is 0 Å². The smallest absolute Gasteiger partial charge is 0.100 e. The van der Waals surface area contributed by atoms with Gasteiger partial charge in [0, 0.05) is 20.5 Å². The fourth-order valence-corrected chi connectivity index (χ4v) is 2.39. The molecule has 0 spiro atoms. The summed E-state index contributed by atoms with van der Waals surface area (Å²) < 4.78 is 0. The minimum atomic E-state index is 0.572. The van der Waals surface area contributed by atoms with Crippen LogP contribution in [0, 0.1) is 11.3 Å². The SMILES string of the molecule is N#Cc1cc(Cl)ccc1Sc1ccc(N)cc1. The maximum atomic E-state index is 9.02. The first-order valence-electron chi connectivity index (χ1n) is 4.92. The summed E-state index contributed by atoms with van der Waals surface area (Å²) in [6, 6.07) is 15.0. The van der Waals surface area contributed by atoms with E-state index in [1.807, 2.05) is 30.3 Å². The Morgan fingerprint density at radius 1 is 1.12 bits per heavy atom. The van der Waals surface area contributed by atoms with Crippen LogP contribution in [0.5, 0.6) is 0 Å². The first kappa shape index (κ1) is 11.8. The van der Waals surface area contributed by atoms with E-state index in [9.17, 15) is 0 Å². The van der Waals surface area contributed by atoms with Crippen molar-refractivity contribution in [3.63, 3.8) is 0 Å². The van der Waals surface area contributed by atoms with E-state index in [0.29, 0.717) is 10.6 Å². The average Bonchev–Trinajstić information content (AvgIpc) is 2.34. The van der Waals surface area contributed by atoms with Gasteiger partial charge in [-0.1, -0.05) is 23.4 Å². The summed E-state index contributed by atoms with van der Waals surface area (Å²) in [5.74, 6) is 0. The van der Waals surface area contributed by atoms with Crippen molar-refractivity contribution in [3.05, 3.63) is 53.1 Å². The summed E-state index contributed by atoms with van der Waals surface area (Å²) in [7, 11) is 0. The van der Waals surface area contributed by atoms with Crippen molar-refractivity contribution in [1.29, 1.82) is 5.26 Å². The van der Waals surface area contributed by atoms with Gasteiger partial charge in [-0.2, -0.15) is 5.26 Å². The van der Waals surface area contributed by atoms with Gasteiger partial charge in [-0.05, 0) is 42.5 Å². The van der Waals surface area contributed by atoms with Gasteiger partial charge in [-0.3, -0.25) is 0 Å². The van der Waals surface area contributed by atoms with E-state index >= 15 is 0 Å². The molecule has 2 aromatic rings. The minimum absolute atomic E-state index is 0.572. The molecule has 0 saturated carbocycles. The van der Waals surface area contributed by atoms with Crippen molar-refractivity contribution in [2.24, 2.45) is 0 Å². The Morgan fingerprint density at radius 3 is 2.47 bits per heavy atom. The van der Waals surface area contributed by atoms with Crippen molar-refractivity contribution in [2.75, 3.05) is 5.73 Å². The molecule has 2 nitrogen and oxygen atoms in total. The van der Waals surface area contributed by atoms with Gasteiger partial charge in [-0.15, -0.1) is 0 Å². The molecule has 2 N–H and O–H groups in total. The highest BCUT2D eigenvalue weighted by Crippen LogP contribution is 2.31. The van der Waals surface area contributed by atoms with Crippen LogP contribution in [-0.4, -0.2) is 0 Å². The predicted octanol–water partition coefficient (Wildman–Crippen LogP) is 3.95. The topological polar surface area (TPSA) is 49.8 Å². The number of rotatable bonds is 2. The second-order valence-corrected chi connectivity index (χ2v) is 4.98. The third-order valence-corrected chi connectivity index (χ3v) is 3.49. The van der Waals surface area contributed by atoms with Crippen LogP contribution in [0.1, 0.15) is 5.56 Å². The van der Waals surface area contributed by atoms with Crippen molar-refractivity contribution in [3.8, 4) is 6.07 Å².